The molecular weight excluding hydrogens is 324 g/mol. The zero-order valence-electron chi connectivity index (χ0n) is 15.4. The van der Waals surface area contributed by atoms with Gasteiger partial charge in [-0.15, -0.1) is 0 Å². The van der Waals surface area contributed by atoms with Crippen LogP contribution in [0.3, 0.4) is 0 Å². The molecule has 138 valence electrons. The molecule has 3 heterocycles. The second kappa shape index (κ2) is 8.02. The summed E-state index contributed by atoms with van der Waals surface area (Å²) in [6.45, 7) is 2.58. The van der Waals surface area contributed by atoms with E-state index in [9.17, 15) is 4.79 Å². The van der Waals surface area contributed by atoms with Crippen LogP contribution in [0.5, 0.6) is 0 Å². The molecule has 1 saturated carbocycles. The minimum atomic E-state index is 0.371. The first-order valence-corrected chi connectivity index (χ1v) is 9.97. The van der Waals surface area contributed by atoms with Crippen molar-refractivity contribution in [3.05, 3.63) is 48.3 Å². The van der Waals surface area contributed by atoms with Gasteiger partial charge in [0.15, 0.2) is 0 Å². The molecule has 2 aromatic heterocycles. The summed E-state index contributed by atoms with van der Waals surface area (Å²) < 4.78 is 2.25. The highest BCUT2D eigenvalue weighted by atomic mass is 16.2. The highest BCUT2D eigenvalue weighted by Crippen LogP contribution is 2.31. The van der Waals surface area contributed by atoms with Gasteiger partial charge in [-0.1, -0.05) is 12.8 Å². The molecule has 0 unspecified atom stereocenters. The predicted octanol–water partition coefficient (Wildman–Crippen LogP) is 3.61. The Bertz CT molecular complexity index is 713. The minimum absolute atomic E-state index is 0.371. The Morgan fingerprint density at radius 2 is 1.77 bits per heavy atom. The lowest BCUT2D eigenvalue weighted by molar-refractivity contribution is -0.133. The van der Waals surface area contributed by atoms with E-state index in [0.29, 0.717) is 17.7 Å². The number of carbonyl (C=O) groups excluding carboxylic acids is 1. The van der Waals surface area contributed by atoms with Gasteiger partial charge >= 0.3 is 0 Å². The normalized spacial score (nSPS) is 19.2. The van der Waals surface area contributed by atoms with Gasteiger partial charge in [0.1, 0.15) is 5.82 Å². The quantitative estimate of drug-likeness (QED) is 0.826. The summed E-state index contributed by atoms with van der Waals surface area (Å²) in [6, 6.07) is 4.10. The first-order chi connectivity index (χ1) is 12.8. The Morgan fingerprint density at radius 1 is 1.04 bits per heavy atom. The highest BCUT2D eigenvalue weighted by molar-refractivity contribution is 5.76. The number of hydrogen-bond donors (Lipinski definition) is 0. The summed E-state index contributed by atoms with van der Waals surface area (Å²) in [4.78, 5) is 23.4. The second-order valence-electron chi connectivity index (χ2n) is 7.78. The third kappa shape index (κ3) is 3.97. The second-order valence-corrected chi connectivity index (χ2v) is 7.78. The summed E-state index contributed by atoms with van der Waals surface area (Å²) in [5.74, 6) is 2.61. The number of piperidine rings is 1. The topological polar surface area (TPSA) is 51.0 Å². The number of hydrogen-bond acceptors (Lipinski definition) is 3. The van der Waals surface area contributed by atoms with Crippen molar-refractivity contribution in [2.45, 2.75) is 57.4 Å². The first kappa shape index (κ1) is 17.3. The van der Waals surface area contributed by atoms with Crippen molar-refractivity contribution in [1.29, 1.82) is 0 Å². The lowest BCUT2D eigenvalue weighted by Gasteiger charge is -2.32. The van der Waals surface area contributed by atoms with Crippen molar-refractivity contribution in [1.82, 2.24) is 19.4 Å². The number of pyridine rings is 1. The Kier molecular flexibility index (Phi) is 5.32. The zero-order chi connectivity index (χ0) is 17.8. The van der Waals surface area contributed by atoms with E-state index in [1.807, 2.05) is 30.7 Å². The van der Waals surface area contributed by atoms with Crippen LogP contribution in [0.25, 0.3) is 0 Å². The molecule has 1 aliphatic carbocycles. The van der Waals surface area contributed by atoms with Crippen LogP contribution < -0.4 is 0 Å². The minimum Gasteiger partial charge on any atom is -0.343 e. The molecule has 2 aromatic rings. The van der Waals surface area contributed by atoms with Crippen LogP contribution >= 0.6 is 0 Å². The first-order valence-electron chi connectivity index (χ1n) is 9.97. The van der Waals surface area contributed by atoms with Gasteiger partial charge in [0.2, 0.25) is 5.91 Å². The monoisotopic (exact) mass is 352 g/mol. The van der Waals surface area contributed by atoms with Gasteiger partial charge < -0.3 is 9.47 Å². The Labute approximate surface area is 155 Å². The lowest BCUT2D eigenvalue weighted by atomic mass is 9.94. The van der Waals surface area contributed by atoms with Crippen molar-refractivity contribution < 1.29 is 4.79 Å². The molecule has 0 radical (unpaired) electrons. The highest BCUT2D eigenvalue weighted by Gasteiger charge is 2.28. The molecule has 0 aromatic carbocycles. The molecular formula is C21H28N4O. The van der Waals surface area contributed by atoms with E-state index in [4.69, 9.17) is 0 Å². The Morgan fingerprint density at radius 3 is 2.50 bits per heavy atom. The molecule has 0 atom stereocenters. The summed E-state index contributed by atoms with van der Waals surface area (Å²) in [5.41, 5.74) is 1.24. The molecule has 1 amide bonds. The molecule has 0 N–H and O–H groups in total. The van der Waals surface area contributed by atoms with Gasteiger partial charge in [-0.05, 0) is 49.3 Å². The maximum atomic E-state index is 12.6. The maximum absolute atomic E-state index is 12.6. The van der Waals surface area contributed by atoms with Gasteiger partial charge in [0, 0.05) is 56.8 Å². The summed E-state index contributed by atoms with van der Waals surface area (Å²) >= 11 is 0. The van der Waals surface area contributed by atoms with E-state index < -0.39 is 0 Å². The molecule has 2 aliphatic rings. The van der Waals surface area contributed by atoms with Gasteiger partial charge in [0.05, 0.1) is 0 Å². The van der Waals surface area contributed by atoms with Crippen LogP contribution in [-0.4, -0.2) is 38.4 Å². The summed E-state index contributed by atoms with van der Waals surface area (Å²) in [6.07, 6.45) is 15.5. The standard InChI is InChI=1S/C21H28N4O/c26-20(15-17-3-1-2-4-17)24-12-7-19(8-13-24)21-23-11-14-25(21)16-18-5-9-22-10-6-18/h5-6,9-11,14,17,19H,1-4,7-8,12-13,15-16H2. The molecule has 0 bridgehead atoms. The lowest BCUT2D eigenvalue weighted by Crippen LogP contribution is -2.39. The van der Waals surface area contributed by atoms with E-state index in [-0.39, 0.29) is 0 Å². The molecule has 1 aliphatic heterocycles. The third-order valence-corrected chi connectivity index (χ3v) is 6.00. The number of aromatic nitrogens is 3. The van der Waals surface area contributed by atoms with E-state index >= 15 is 0 Å². The van der Waals surface area contributed by atoms with E-state index in [2.05, 4.69) is 25.6 Å². The Hall–Kier alpha value is -2.17. The fraction of sp³-hybridized carbons (Fsp3) is 0.571. The van der Waals surface area contributed by atoms with Crippen molar-refractivity contribution in [3.8, 4) is 0 Å². The molecule has 5 nitrogen and oxygen atoms in total. The fourth-order valence-electron chi connectivity index (χ4n) is 4.48. The number of likely N-dealkylation sites (tertiary alicyclic amines) is 1. The van der Waals surface area contributed by atoms with E-state index in [1.165, 1.54) is 31.2 Å². The fourth-order valence-corrected chi connectivity index (χ4v) is 4.48. The number of nitrogens with zero attached hydrogens (tertiary/aromatic N) is 4. The van der Waals surface area contributed by atoms with Crippen molar-refractivity contribution in [2.24, 2.45) is 5.92 Å². The molecule has 4 rings (SSSR count). The third-order valence-electron chi connectivity index (χ3n) is 6.00. The van der Waals surface area contributed by atoms with Crippen LogP contribution in [0, 0.1) is 5.92 Å². The van der Waals surface area contributed by atoms with Crippen LogP contribution in [-0.2, 0) is 11.3 Å². The van der Waals surface area contributed by atoms with Gasteiger partial charge in [0.25, 0.3) is 0 Å². The van der Waals surface area contributed by atoms with E-state index in [1.54, 1.807) is 0 Å². The predicted molar refractivity (Wildman–Crippen MR) is 101 cm³/mol. The number of amides is 1. The van der Waals surface area contributed by atoms with Crippen molar-refractivity contribution >= 4 is 5.91 Å². The average Bonchev–Trinajstić information content (AvgIpc) is 3.35. The van der Waals surface area contributed by atoms with Crippen LogP contribution in [0.1, 0.15) is 62.3 Å². The molecule has 5 heteroatoms. The summed E-state index contributed by atoms with van der Waals surface area (Å²) in [7, 11) is 0. The number of imidazole rings is 1. The molecule has 2 fully saturated rings. The smallest absolute Gasteiger partial charge is 0.222 e. The van der Waals surface area contributed by atoms with Gasteiger partial charge in [-0.3, -0.25) is 9.78 Å². The Balaban J connectivity index is 1.33. The molecule has 0 spiro atoms. The van der Waals surface area contributed by atoms with Crippen molar-refractivity contribution in [3.63, 3.8) is 0 Å². The number of rotatable bonds is 5. The summed E-state index contributed by atoms with van der Waals surface area (Å²) in [5, 5.41) is 0. The van der Waals surface area contributed by atoms with Crippen LogP contribution in [0.4, 0.5) is 0 Å². The molecule has 1 saturated heterocycles. The van der Waals surface area contributed by atoms with E-state index in [0.717, 1.165) is 44.7 Å². The van der Waals surface area contributed by atoms with Crippen LogP contribution in [0.15, 0.2) is 36.9 Å². The van der Waals surface area contributed by atoms with Gasteiger partial charge in [-0.25, -0.2) is 4.98 Å². The van der Waals surface area contributed by atoms with Crippen LogP contribution in [0.2, 0.25) is 0 Å². The average molecular weight is 352 g/mol. The van der Waals surface area contributed by atoms with Gasteiger partial charge in [-0.2, -0.15) is 0 Å². The van der Waals surface area contributed by atoms with Crippen molar-refractivity contribution in [2.75, 3.05) is 13.1 Å². The maximum Gasteiger partial charge on any atom is 0.222 e. The molecule has 26 heavy (non-hydrogen) atoms. The SMILES string of the molecule is O=C(CC1CCCC1)N1CCC(c2nccn2Cc2ccncc2)CC1. The largest absolute Gasteiger partial charge is 0.343 e. The zero-order valence-corrected chi connectivity index (χ0v) is 15.4. The number of carbonyl (C=O) groups is 1.